The quantitative estimate of drug-likeness (QED) is 0.723. The van der Waals surface area contributed by atoms with Gasteiger partial charge in [0.1, 0.15) is 6.04 Å². The number of rotatable bonds is 2. The summed E-state index contributed by atoms with van der Waals surface area (Å²) in [6.45, 7) is 7.36. The predicted octanol–water partition coefficient (Wildman–Crippen LogP) is 3.59. The maximum atomic E-state index is 13.6. The monoisotopic (exact) mass is 400 g/mol. The van der Waals surface area contributed by atoms with Gasteiger partial charge >= 0.3 is 0 Å². The molecule has 0 unspecified atom stereocenters. The lowest BCUT2D eigenvalue weighted by atomic mass is 9.88. The molecular formula is C25H24N2O3. The topological polar surface area (TPSA) is 57.7 Å². The van der Waals surface area contributed by atoms with E-state index in [1.807, 2.05) is 68.2 Å². The molecule has 152 valence electrons. The normalized spacial score (nSPS) is 26.7. The second-order valence-corrected chi connectivity index (χ2v) is 8.68. The van der Waals surface area contributed by atoms with Gasteiger partial charge in [-0.15, -0.1) is 0 Å². The van der Waals surface area contributed by atoms with Gasteiger partial charge in [-0.3, -0.25) is 14.4 Å². The van der Waals surface area contributed by atoms with Crippen molar-refractivity contribution in [3.8, 4) is 0 Å². The number of benzene rings is 2. The standard InChI is InChI=1S/C25H24N2O3/c1-13-8-10-18-17(12-13)9-11-19-20-21(23(16(4)28)26(18)19)25(30)27(24(20)29)22-14(2)6-5-7-15(22)3/h5-12,19-21,23H,1-4H3/t19-,20-,21+,23+/m0/s1. The number of aryl methyl sites for hydroxylation is 3. The van der Waals surface area contributed by atoms with Gasteiger partial charge in [-0.25, -0.2) is 4.90 Å². The highest BCUT2D eigenvalue weighted by atomic mass is 16.2. The van der Waals surface area contributed by atoms with Gasteiger partial charge in [0.2, 0.25) is 11.8 Å². The maximum Gasteiger partial charge on any atom is 0.240 e. The Morgan fingerprint density at radius 2 is 1.60 bits per heavy atom. The summed E-state index contributed by atoms with van der Waals surface area (Å²) in [4.78, 5) is 43.4. The van der Waals surface area contributed by atoms with Crippen LogP contribution in [-0.4, -0.2) is 29.7 Å². The molecule has 5 nitrogen and oxygen atoms in total. The number of carbonyl (C=O) groups excluding carboxylic acids is 3. The lowest BCUT2D eigenvalue weighted by Gasteiger charge is -2.36. The van der Waals surface area contributed by atoms with E-state index in [0.717, 1.165) is 27.9 Å². The van der Waals surface area contributed by atoms with Crippen molar-refractivity contribution in [3.05, 3.63) is 64.7 Å². The van der Waals surface area contributed by atoms with Crippen molar-refractivity contribution in [1.29, 1.82) is 0 Å². The van der Waals surface area contributed by atoms with Crippen LogP contribution in [0, 0.1) is 32.6 Å². The number of para-hydroxylation sites is 1. The van der Waals surface area contributed by atoms with E-state index in [1.54, 1.807) is 0 Å². The summed E-state index contributed by atoms with van der Waals surface area (Å²) >= 11 is 0. The average molecular weight is 400 g/mol. The molecule has 2 saturated heterocycles. The van der Waals surface area contributed by atoms with Crippen molar-refractivity contribution >= 4 is 35.0 Å². The van der Waals surface area contributed by atoms with Gasteiger partial charge in [-0.1, -0.05) is 42.0 Å². The van der Waals surface area contributed by atoms with Crippen molar-refractivity contribution in [2.24, 2.45) is 11.8 Å². The van der Waals surface area contributed by atoms with Crippen LogP contribution in [0.2, 0.25) is 0 Å². The van der Waals surface area contributed by atoms with E-state index in [-0.39, 0.29) is 23.6 Å². The van der Waals surface area contributed by atoms with Gasteiger partial charge in [0, 0.05) is 5.69 Å². The number of amides is 2. The zero-order valence-electron chi connectivity index (χ0n) is 17.5. The van der Waals surface area contributed by atoms with Gasteiger partial charge in [-0.05, 0) is 56.5 Å². The molecule has 0 aromatic heterocycles. The van der Waals surface area contributed by atoms with Crippen molar-refractivity contribution in [3.63, 3.8) is 0 Å². The van der Waals surface area contributed by atoms with Gasteiger partial charge in [-0.2, -0.15) is 0 Å². The number of anilines is 2. The van der Waals surface area contributed by atoms with Crippen molar-refractivity contribution in [2.75, 3.05) is 9.80 Å². The lowest BCUT2D eigenvalue weighted by Crippen LogP contribution is -2.48. The molecule has 0 radical (unpaired) electrons. The second-order valence-electron chi connectivity index (χ2n) is 8.68. The summed E-state index contributed by atoms with van der Waals surface area (Å²) in [6.07, 6.45) is 4.00. The Morgan fingerprint density at radius 3 is 2.27 bits per heavy atom. The summed E-state index contributed by atoms with van der Waals surface area (Å²) in [5, 5.41) is 0. The van der Waals surface area contributed by atoms with Gasteiger partial charge in [0.05, 0.1) is 23.6 Å². The van der Waals surface area contributed by atoms with E-state index in [4.69, 9.17) is 0 Å². The Balaban J connectivity index is 1.65. The van der Waals surface area contributed by atoms with Crippen molar-refractivity contribution in [2.45, 2.75) is 39.8 Å². The molecular weight excluding hydrogens is 376 g/mol. The molecule has 3 aliphatic heterocycles. The first-order valence-electron chi connectivity index (χ1n) is 10.3. The molecule has 30 heavy (non-hydrogen) atoms. The Kier molecular flexibility index (Phi) is 4.01. The van der Waals surface area contributed by atoms with Crippen LogP contribution in [0.4, 0.5) is 11.4 Å². The number of hydrogen-bond donors (Lipinski definition) is 0. The Hall–Kier alpha value is -3.21. The van der Waals surface area contributed by atoms with Crippen LogP contribution in [0.5, 0.6) is 0 Å². The zero-order chi connectivity index (χ0) is 21.3. The van der Waals surface area contributed by atoms with Gasteiger partial charge in [0.25, 0.3) is 0 Å². The number of hydrogen-bond acceptors (Lipinski definition) is 4. The molecule has 2 aromatic rings. The van der Waals surface area contributed by atoms with Crippen LogP contribution >= 0.6 is 0 Å². The van der Waals surface area contributed by atoms with Crippen molar-refractivity contribution in [1.82, 2.24) is 0 Å². The molecule has 0 saturated carbocycles. The lowest BCUT2D eigenvalue weighted by molar-refractivity contribution is -0.126. The summed E-state index contributed by atoms with van der Waals surface area (Å²) in [5.74, 6) is -1.79. The summed E-state index contributed by atoms with van der Waals surface area (Å²) in [6, 6.07) is 10.9. The van der Waals surface area contributed by atoms with E-state index in [1.165, 1.54) is 11.8 Å². The fourth-order valence-corrected chi connectivity index (χ4v) is 5.53. The third-order valence-electron chi connectivity index (χ3n) is 6.74. The summed E-state index contributed by atoms with van der Waals surface area (Å²) < 4.78 is 0. The van der Waals surface area contributed by atoms with Crippen LogP contribution in [0.25, 0.3) is 6.08 Å². The average Bonchev–Trinajstić information content (AvgIpc) is 3.16. The van der Waals surface area contributed by atoms with Crippen molar-refractivity contribution < 1.29 is 14.4 Å². The largest absolute Gasteiger partial charge is 0.353 e. The van der Waals surface area contributed by atoms with E-state index < -0.39 is 17.9 Å². The number of fused-ring (bicyclic) bond motifs is 5. The SMILES string of the molecule is CC(=O)[C@@H]1[C@@H]2C(=O)N(c3c(C)cccc3C)C(=O)[C@H]2[C@@H]2C=Cc3cc(C)ccc3N12. The number of nitrogens with zero attached hydrogens (tertiary/aromatic N) is 2. The van der Waals surface area contributed by atoms with Crippen LogP contribution in [-0.2, 0) is 14.4 Å². The van der Waals surface area contributed by atoms with Crippen LogP contribution in [0.3, 0.4) is 0 Å². The Morgan fingerprint density at radius 1 is 0.933 bits per heavy atom. The minimum atomic E-state index is -0.670. The molecule has 4 atom stereocenters. The molecule has 0 bridgehead atoms. The first-order valence-corrected chi connectivity index (χ1v) is 10.3. The molecule has 5 rings (SSSR count). The number of ketones is 1. The molecule has 0 N–H and O–H groups in total. The van der Waals surface area contributed by atoms with E-state index >= 15 is 0 Å². The maximum absolute atomic E-state index is 13.6. The van der Waals surface area contributed by atoms with E-state index in [2.05, 4.69) is 6.07 Å². The molecule has 3 aliphatic rings. The van der Waals surface area contributed by atoms with Crippen LogP contribution < -0.4 is 9.80 Å². The summed E-state index contributed by atoms with van der Waals surface area (Å²) in [7, 11) is 0. The number of imide groups is 1. The second kappa shape index (κ2) is 6.39. The fraction of sp³-hybridized carbons (Fsp3) is 0.320. The molecule has 0 spiro atoms. The predicted molar refractivity (Wildman–Crippen MR) is 116 cm³/mol. The molecule has 2 amide bonds. The molecule has 2 fully saturated rings. The Labute approximate surface area is 176 Å². The van der Waals surface area contributed by atoms with Gasteiger partial charge in [0.15, 0.2) is 5.78 Å². The third kappa shape index (κ3) is 2.38. The number of carbonyl (C=O) groups is 3. The number of Topliss-reactive ketones (excluding diaryl/α,β-unsaturated/α-hetero) is 1. The smallest absolute Gasteiger partial charge is 0.240 e. The molecule has 3 heterocycles. The fourth-order valence-electron chi connectivity index (χ4n) is 5.53. The van der Waals surface area contributed by atoms with Crippen LogP contribution in [0.1, 0.15) is 29.2 Å². The first kappa shape index (κ1) is 18.8. The molecule has 2 aromatic carbocycles. The van der Waals surface area contributed by atoms with Gasteiger partial charge < -0.3 is 4.90 Å². The van der Waals surface area contributed by atoms with Crippen LogP contribution in [0.15, 0.2) is 42.5 Å². The molecule has 5 heteroatoms. The minimum Gasteiger partial charge on any atom is -0.353 e. The zero-order valence-corrected chi connectivity index (χ0v) is 17.5. The highest BCUT2D eigenvalue weighted by molar-refractivity contribution is 6.25. The highest BCUT2D eigenvalue weighted by Gasteiger charge is 2.63. The van der Waals surface area contributed by atoms with E-state index in [9.17, 15) is 14.4 Å². The third-order valence-corrected chi connectivity index (χ3v) is 6.74. The molecule has 0 aliphatic carbocycles. The Bertz CT molecular complexity index is 1130. The summed E-state index contributed by atoms with van der Waals surface area (Å²) in [5.41, 5.74) is 5.49. The minimum absolute atomic E-state index is 0.0844. The van der Waals surface area contributed by atoms with E-state index in [0.29, 0.717) is 5.69 Å². The first-order chi connectivity index (χ1) is 14.3. The highest BCUT2D eigenvalue weighted by Crippen LogP contribution is 2.50.